The zero-order valence-corrected chi connectivity index (χ0v) is 8.19. The van der Waals surface area contributed by atoms with Gasteiger partial charge in [-0.05, 0) is 18.2 Å². The minimum Gasteiger partial charge on any atom is -0.377 e. The highest BCUT2D eigenvalue weighted by Gasteiger charge is 2.02. The first kappa shape index (κ1) is 8.74. The van der Waals surface area contributed by atoms with Gasteiger partial charge in [-0.1, -0.05) is 22.9 Å². The Morgan fingerprint density at radius 1 is 1.54 bits per heavy atom. The van der Waals surface area contributed by atoms with Gasteiger partial charge in [0.25, 0.3) is 0 Å². The van der Waals surface area contributed by atoms with Crippen LogP contribution in [-0.2, 0) is 0 Å². The highest BCUT2D eigenvalue weighted by molar-refractivity contribution is 7.22. The number of rotatable bonds is 2. The van der Waals surface area contributed by atoms with Crippen molar-refractivity contribution in [2.45, 2.75) is 0 Å². The lowest BCUT2D eigenvalue weighted by molar-refractivity contribution is 0.325. The molecule has 2 rings (SSSR count). The molecule has 0 unspecified atom stereocenters. The van der Waals surface area contributed by atoms with E-state index in [1.807, 2.05) is 12.1 Å². The Morgan fingerprint density at radius 3 is 3.15 bits per heavy atom. The molecule has 1 aromatic carbocycles. The number of nitrogens with one attached hydrogen (secondary N) is 1. The second-order valence-corrected chi connectivity index (χ2v) is 3.93. The van der Waals surface area contributed by atoms with E-state index in [0.717, 1.165) is 10.2 Å². The van der Waals surface area contributed by atoms with Crippen LogP contribution < -0.4 is 5.32 Å². The molecule has 0 saturated carbocycles. The van der Waals surface area contributed by atoms with Crippen LogP contribution in [0.1, 0.15) is 0 Å². The first-order valence-corrected chi connectivity index (χ1v) is 4.90. The van der Waals surface area contributed by atoms with Crippen LogP contribution in [0.2, 0.25) is 5.02 Å². The van der Waals surface area contributed by atoms with E-state index >= 15 is 0 Å². The van der Waals surface area contributed by atoms with Crippen LogP contribution in [0.3, 0.4) is 0 Å². The van der Waals surface area contributed by atoms with Crippen molar-refractivity contribution in [2.24, 2.45) is 0 Å². The van der Waals surface area contributed by atoms with Crippen molar-refractivity contribution in [1.29, 1.82) is 0 Å². The third kappa shape index (κ3) is 1.75. The number of halogens is 1. The van der Waals surface area contributed by atoms with E-state index < -0.39 is 0 Å². The number of anilines is 1. The molecule has 13 heavy (non-hydrogen) atoms. The maximum absolute atomic E-state index is 8.63. The van der Waals surface area contributed by atoms with Gasteiger partial charge < -0.3 is 10.4 Å². The molecule has 0 aliphatic heterocycles. The average molecular weight is 215 g/mol. The number of hydrogen-bond acceptors (Lipinski definition) is 4. The van der Waals surface area contributed by atoms with E-state index in [0.29, 0.717) is 10.2 Å². The summed E-state index contributed by atoms with van der Waals surface area (Å²) >= 11 is 7.28. The normalized spacial score (nSPS) is 10.6. The smallest absolute Gasteiger partial charge is 0.185 e. The van der Waals surface area contributed by atoms with E-state index in [4.69, 9.17) is 16.7 Å². The van der Waals surface area contributed by atoms with E-state index in [1.54, 1.807) is 6.07 Å². The van der Waals surface area contributed by atoms with Crippen molar-refractivity contribution in [3.05, 3.63) is 23.2 Å². The number of nitrogens with zero attached hydrogens (tertiary/aromatic N) is 1. The first-order valence-electron chi connectivity index (χ1n) is 3.70. The summed E-state index contributed by atoms with van der Waals surface area (Å²) in [5.74, 6) is 0. The Labute approximate surface area is 84.0 Å². The van der Waals surface area contributed by atoms with Gasteiger partial charge in [0.15, 0.2) is 5.13 Å². The van der Waals surface area contributed by atoms with Gasteiger partial charge in [-0.15, -0.1) is 0 Å². The highest BCUT2D eigenvalue weighted by Crippen LogP contribution is 2.27. The Balaban J connectivity index is 2.49. The molecular weight excluding hydrogens is 208 g/mol. The molecule has 1 aromatic heterocycles. The van der Waals surface area contributed by atoms with Crippen molar-refractivity contribution in [2.75, 3.05) is 12.0 Å². The van der Waals surface area contributed by atoms with Gasteiger partial charge in [0, 0.05) is 5.02 Å². The molecule has 0 aliphatic rings. The number of hydrogen-bond donors (Lipinski definition) is 2. The van der Waals surface area contributed by atoms with Crippen LogP contribution >= 0.6 is 22.9 Å². The molecule has 0 bridgehead atoms. The largest absolute Gasteiger partial charge is 0.377 e. The number of aliphatic hydroxyl groups excluding tert-OH is 1. The second kappa shape index (κ2) is 3.49. The number of aromatic nitrogens is 1. The summed E-state index contributed by atoms with van der Waals surface area (Å²) < 4.78 is 1.02. The van der Waals surface area contributed by atoms with E-state index in [9.17, 15) is 0 Å². The molecule has 0 fully saturated rings. The lowest BCUT2D eigenvalue weighted by Crippen LogP contribution is -1.97. The summed E-state index contributed by atoms with van der Waals surface area (Å²) in [5.41, 5.74) is 0.894. The van der Waals surface area contributed by atoms with Crippen molar-refractivity contribution in [3.63, 3.8) is 0 Å². The summed E-state index contributed by atoms with van der Waals surface area (Å²) in [4.78, 5) is 4.23. The van der Waals surface area contributed by atoms with E-state index in [-0.39, 0.29) is 6.73 Å². The van der Waals surface area contributed by atoms with Crippen LogP contribution in [0.5, 0.6) is 0 Å². The molecule has 0 spiro atoms. The molecular formula is C8H7ClN2OS. The van der Waals surface area contributed by atoms with Crippen molar-refractivity contribution in [3.8, 4) is 0 Å². The Bertz CT molecular complexity index is 429. The molecule has 2 N–H and O–H groups in total. The molecule has 0 aliphatic carbocycles. The minimum absolute atomic E-state index is 0.104. The maximum Gasteiger partial charge on any atom is 0.185 e. The minimum atomic E-state index is -0.104. The molecule has 0 radical (unpaired) electrons. The van der Waals surface area contributed by atoms with Gasteiger partial charge in [0.2, 0.25) is 0 Å². The third-order valence-electron chi connectivity index (χ3n) is 1.58. The lowest BCUT2D eigenvalue weighted by Gasteiger charge is -1.91. The Kier molecular flexibility index (Phi) is 2.35. The zero-order valence-electron chi connectivity index (χ0n) is 6.62. The van der Waals surface area contributed by atoms with E-state index in [2.05, 4.69) is 10.3 Å². The fourth-order valence-corrected chi connectivity index (χ4v) is 2.17. The summed E-state index contributed by atoms with van der Waals surface area (Å²) in [6.45, 7) is -0.104. The molecule has 0 amide bonds. The van der Waals surface area contributed by atoms with Gasteiger partial charge >= 0.3 is 0 Å². The van der Waals surface area contributed by atoms with Gasteiger partial charge in [-0.25, -0.2) is 4.98 Å². The number of aliphatic hydroxyl groups is 1. The fourth-order valence-electron chi connectivity index (χ4n) is 1.04. The van der Waals surface area contributed by atoms with Crippen LogP contribution in [0.4, 0.5) is 5.13 Å². The molecule has 5 heteroatoms. The van der Waals surface area contributed by atoms with Crippen LogP contribution in [-0.4, -0.2) is 16.8 Å². The predicted octanol–water partition coefficient (Wildman–Crippen LogP) is 2.31. The summed E-state index contributed by atoms with van der Waals surface area (Å²) in [6, 6.07) is 5.51. The quantitative estimate of drug-likeness (QED) is 0.755. The fraction of sp³-hybridized carbons (Fsp3) is 0.125. The summed E-state index contributed by atoms with van der Waals surface area (Å²) in [5, 5.41) is 12.8. The van der Waals surface area contributed by atoms with Crippen LogP contribution in [0.15, 0.2) is 18.2 Å². The Morgan fingerprint density at radius 2 is 2.38 bits per heavy atom. The van der Waals surface area contributed by atoms with Crippen LogP contribution in [0, 0.1) is 0 Å². The van der Waals surface area contributed by atoms with Crippen molar-refractivity contribution < 1.29 is 5.11 Å². The molecule has 0 atom stereocenters. The molecule has 0 saturated heterocycles. The van der Waals surface area contributed by atoms with Crippen molar-refractivity contribution in [1.82, 2.24) is 4.98 Å². The molecule has 3 nitrogen and oxygen atoms in total. The number of benzene rings is 1. The van der Waals surface area contributed by atoms with Crippen LogP contribution in [0.25, 0.3) is 10.2 Å². The predicted molar refractivity (Wildman–Crippen MR) is 55.3 cm³/mol. The van der Waals surface area contributed by atoms with Gasteiger partial charge in [0.05, 0.1) is 10.2 Å². The lowest BCUT2D eigenvalue weighted by atomic mass is 10.3. The molecule has 2 aromatic rings. The monoisotopic (exact) mass is 214 g/mol. The number of fused-ring (bicyclic) bond motifs is 1. The molecule has 68 valence electrons. The van der Waals surface area contributed by atoms with Gasteiger partial charge in [-0.2, -0.15) is 0 Å². The highest BCUT2D eigenvalue weighted by atomic mass is 35.5. The Hall–Kier alpha value is -0.840. The van der Waals surface area contributed by atoms with E-state index in [1.165, 1.54) is 11.3 Å². The average Bonchev–Trinajstić information content (AvgIpc) is 2.46. The first-order chi connectivity index (χ1) is 6.29. The summed E-state index contributed by atoms with van der Waals surface area (Å²) in [6.07, 6.45) is 0. The maximum atomic E-state index is 8.63. The SMILES string of the molecule is OCNc1nc2ccc(Cl)cc2s1. The van der Waals surface area contributed by atoms with Crippen molar-refractivity contribution >= 4 is 38.3 Å². The second-order valence-electron chi connectivity index (χ2n) is 2.47. The topological polar surface area (TPSA) is 45.1 Å². The zero-order chi connectivity index (χ0) is 9.26. The van der Waals surface area contributed by atoms with Gasteiger partial charge in [0.1, 0.15) is 6.73 Å². The molecule has 1 heterocycles. The number of thiazole rings is 1. The van der Waals surface area contributed by atoms with Gasteiger partial charge in [-0.3, -0.25) is 0 Å². The summed E-state index contributed by atoms with van der Waals surface area (Å²) in [7, 11) is 0. The third-order valence-corrected chi connectivity index (χ3v) is 2.79. The standard InChI is InChI=1S/C8H7ClN2OS/c9-5-1-2-6-7(3-5)13-8(11-6)10-4-12/h1-3,12H,4H2,(H,10,11).